The van der Waals surface area contributed by atoms with E-state index in [2.05, 4.69) is 0 Å². The Labute approximate surface area is 232 Å². The molecule has 2 aromatic carbocycles. The van der Waals surface area contributed by atoms with E-state index >= 15 is 0 Å². The van der Waals surface area contributed by atoms with Crippen LogP contribution in [0.1, 0.15) is 53.0 Å². The van der Waals surface area contributed by atoms with Gasteiger partial charge in [-0.2, -0.15) is 13.2 Å². The first-order valence-corrected chi connectivity index (χ1v) is 13.2. The molecular weight excluding hydrogens is 525 g/mol. The third kappa shape index (κ3) is 8.40. The quantitative estimate of drug-likeness (QED) is 0.245. The highest BCUT2D eigenvalue weighted by atomic mass is 19.4. The summed E-state index contributed by atoms with van der Waals surface area (Å²) >= 11 is 0. The maximum Gasteiger partial charge on any atom is 0.413 e. The van der Waals surface area contributed by atoms with Crippen LogP contribution >= 0.6 is 0 Å². The number of ether oxygens (including phenoxy) is 2. The number of alkyl halides is 3. The van der Waals surface area contributed by atoms with Gasteiger partial charge in [-0.15, -0.1) is 0 Å². The highest BCUT2D eigenvalue weighted by Crippen LogP contribution is 2.38. The van der Waals surface area contributed by atoms with Crippen LogP contribution in [0.3, 0.4) is 0 Å². The molecule has 0 fully saturated rings. The van der Waals surface area contributed by atoms with E-state index in [4.69, 9.17) is 9.47 Å². The molecule has 0 saturated heterocycles. The molecule has 218 valence electrons. The summed E-state index contributed by atoms with van der Waals surface area (Å²) in [6, 6.07) is 14.2. The Hall–Kier alpha value is -3.69. The van der Waals surface area contributed by atoms with E-state index in [0.29, 0.717) is 5.75 Å². The van der Waals surface area contributed by atoms with Crippen LogP contribution in [0.25, 0.3) is 10.8 Å². The summed E-state index contributed by atoms with van der Waals surface area (Å²) in [4.78, 5) is 27.4. The fourth-order valence-corrected chi connectivity index (χ4v) is 4.31. The molecule has 0 aliphatic carbocycles. The molecule has 0 aliphatic heterocycles. The van der Waals surface area contributed by atoms with Gasteiger partial charge in [0.15, 0.2) is 11.6 Å². The second-order valence-corrected chi connectivity index (χ2v) is 11.4. The Kier molecular flexibility index (Phi) is 9.76. The number of carbonyl (C=O) groups is 1. The summed E-state index contributed by atoms with van der Waals surface area (Å²) in [5, 5.41) is 10.8. The second kappa shape index (κ2) is 12.7. The van der Waals surface area contributed by atoms with Crippen molar-refractivity contribution in [2.75, 3.05) is 18.1 Å². The van der Waals surface area contributed by atoms with Gasteiger partial charge in [0.25, 0.3) is 5.56 Å². The lowest BCUT2D eigenvalue weighted by Crippen LogP contribution is -2.41. The average molecular weight is 563 g/mol. The molecule has 0 radical (unpaired) electrons. The van der Waals surface area contributed by atoms with Crippen LogP contribution in [0, 0.1) is 11.3 Å². The number of hydrogen-bond donors (Lipinski definition) is 1. The predicted molar refractivity (Wildman–Crippen MR) is 149 cm³/mol. The normalized spacial score (nSPS) is 12.1. The van der Waals surface area contributed by atoms with Crippen LogP contribution in [-0.2, 0) is 13.2 Å². The minimum Gasteiger partial charge on any atom is -0.489 e. The number of carboxylic acid groups (broad SMARTS) is 1. The van der Waals surface area contributed by atoms with Gasteiger partial charge in [-0.1, -0.05) is 65.0 Å². The second-order valence-electron chi connectivity index (χ2n) is 11.4. The van der Waals surface area contributed by atoms with E-state index in [1.165, 1.54) is 4.57 Å². The van der Waals surface area contributed by atoms with Crippen LogP contribution in [0.2, 0.25) is 0 Å². The van der Waals surface area contributed by atoms with Crippen molar-refractivity contribution in [1.82, 2.24) is 4.57 Å². The minimum absolute atomic E-state index is 0.000781. The van der Waals surface area contributed by atoms with Gasteiger partial charge in [0.1, 0.15) is 12.4 Å². The molecule has 1 aromatic heterocycles. The van der Waals surface area contributed by atoms with E-state index in [0.717, 1.165) is 10.5 Å². The molecule has 1 N–H and O–H groups in total. The van der Waals surface area contributed by atoms with Gasteiger partial charge in [-0.25, -0.2) is 4.79 Å². The number of hydrogen-bond acceptors (Lipinski definition) is 4. The van der Waals surface area contributed by atoms with Crippen molar-refractivity contribution in [3.05, 3.63) is 64.4 Å². The van der Waals surface area contributed by atoms with Crippen LogP contribution in [-0.4, -0.2) is 35.1 Å². The summed E-state index contributed by atoms with van der Waals surface area (Å²) in [6.07, 6.45) is -7.04. The number of nitrogens with zero attached hydrogens (tertiary/aromatic N) is 2. The van der Waals surface area contributed by atoms with Crippen molar-refractivity contribution < 1.29 is 32.5 Å². The summed E-state index contributed by atoms with van der Waals surface area (Å²) in [7, 11) is 0. The zero-order valence-electron chi connectivity index (χ0n) is 23.5. The monoisotopic (exact) mass is 562 g/mol. The van der Waals surface area contributed by atoms with Gasteiger partial charge in [-0.05, 0) is 41.5 Å². The third-order valence-electron chi connectivity index (χ3n) is 5.94. The number of benzene rings is 2. The van der Waals surface area contributed by atoms with Crippen molar-refractivity contribution in [3.63, 3.8) is 0 Å². The molecule has 0 saturated carbocycles. The van der Waals surface area contributed by atoms with Crippen molar-refractivity contribution in [3.8, 4) is 11.5 Å². The molecule has 10 heteroatoms. The van der Waals surface area contributed by atoms with Crippen LogP contribution in [0.4, 0.5) is 23.8 Å². The molecule has 7 nitrogen and oxygen atoms in total. The maximum absolute atomic E-state index is 13.8. The van der Waals surface area contributed by atoms with Gasteiger partial charge < -0.3 is 14.6 Å². The zero-order chi connectivity index (χ0) is 29.7. The Morgan fingerprint density at radius 2 is 1.70 bits per heavy atom. The third-order valence-corrected chi connectivity index (χ3v) is 5.94. The number of anilines is 1. The van der Waals surface area contributed by atoms with E-state index in [-0.39, 0.29) is 61.0 Å². The Morgan fingerprint density at radius 3 is 2.27 bits per heavy atom. The molecule has 1 heterocycles. The Bertz CT molecular complexity index is 1360. The maximum atomic E-state index is 13.8. The first kappa shape index (κ1) is 30.8. The number of rotatable bonds is 11. The number of fused-ring (bicyclic) bond motifs is 1. The Balaban J connectivity index is 2.22. The molecule has 0 aliphatic rings. The van der Waals surface area contributed by atoms with Gasteiger partial charge in [-0.3, -0.25) is 14.3 Å². The molecular formula is C30H37F3N2O5. The number of halogens is 3. The first-order valence-electron chi connectivity index (χ1n) is 13.2. The summed E-state index contributed by atoms with van der Waals surface area (Å²) in [5.74, 6) is 0.405. The van der Waals surface area contributed by atoms with Gasteiger partial charge in [0.2, 0.25) is 0 Å². The highest BCUT2D eigenvalue weighted by molar-refractivity contribution is 5.97. The van der Waals surface area contributed by atoms with E-state index in [1.807, 2.05) is 65.0 Å². The fraction of sp³-hybridized carbons (Fsp3) is 0.467. The van der Waals surface area contributed by atoms with Crippen LogP contribution in [0.5, 0.6) is 11.5 Å². The van der Waals surface area contributed by atoms with Crippen molar-refractivity contribution in [1.29, 1.82) is 0 Å². The summed E-state index contributed by atoms with van der Waals surface area (Å²) in [6.45, 7) is 9.48. The van der Waals surface area contributed by atoms with Crippen molar-refractivity contribution >= 4 is 22.7 Å². The molecule has 0 spiro atoms. The number of aromatic nitrogens is 1. The van der Waals surface area contributed by atoms with Gasteiger partial charge in [0.05, 0.1) is 12.0 Å². The molecule has 3 rings (SSSR count). The lowest BCUT2D eigenvalue weighted by atomic mass is 9.96. The smallest absolute Gasteiger partial charge is 0.413 e. The zero-order valence-corrected chi connectivity index (χ0v) is 23.5. The fourth-order valence-electron chi connectivity index (χ4n) is 4.31. The van der Waals surface area contributed by atoms with Gasteiger partial charge in [0, 0.05) is 24.9 Å². The SMILES string of the molecule is CC(C)Cn1c(N(CC(C)(C)C)C(=O)O)c(OCCCC(F)(F)F)c2cc(OCc3ccccc3)ccc2c1=O. The van der Waals surface area contributed by atoms with E-state index in [1.54, 1.807) is 18.2 Å². The summed E-state index contributed by atoms with van der Waals surface area (Å²) < 4.78 is 51.9. The Morgan fingerprint density at radius 1 is 1.02 bits per heavy atom. The van der Waals surface area contributed by atoms with Crippen molar-refractivity contribution in [2.45, 2.75) is 66.8 Å². The molecule has 3 aromatic rings. The summed E-state index contributed by atoms with van der Waals surface area (Å²) in [5.41, 5.74) is -0.00197. The largest absolute Gasteiger partial charge is 0.489 e. The molecule has 0 bridgehead atoms. The predicted octanol–water partition coefficient (Wildman–Crippen LogP) is 7.49. The van der Waals surface area contributed by atoms with Crippen LogP contribution < -0.4 is 19.9 Å². The lowest BCUT2D eigenvalue weighted by Gasteiger charge is -2.32. The molecule has 1 amide bonds. The average Bonchev–Trinajstić information content (AvgIpc) is 2.85. The van der Waals surface area contributed by atoms with E-state index < -0.39 is 29.7 Å². The van der Waals surface area contributed by atoms with Gasteiger partial charge >= 0.3 is 12.3 Å². The number of amides is 1. The first-order chi connectivity index (χ1) is 18.7. The molecule has 40 heavy (non-hydrogen) atoms. The van der Waals surface area contributed by atoms with Crippen molar-refractivity contribution in [2.24, 2.45) is 11.3 Å². The van der Waals surface area contributed by atoms with E-state index in [9.17, 15) is 27.9 Å². The molecule has 0 atom stereocenters. The molecule has 0 unspecified atom stereocenters. The lowest BCUT2D eigenvalue weighted by molar-refractivity contribution is -0.136. The van der Waals surface area contributed by atoms with Crippen LogP contribution in [0.15, 0.2) is 53.3 Å². The highest BCUT2D eigenvalue weighted by Gasteiger charge is 2.31. The minimum atomic E-state index is -4.36. The topological polar surface area (TPSA) is 81.0 Å². The number of pyridine rings is 1. The standard InChI is InChI=1S/C30H37F3N2O5/c1-20(2)17-34-26(35(28(37)38)19-29(3,4)5)25(39-15-9-14-30(31,32)33)24-16-22(12-13-23(24)27(34)36)40-18-21-10-7-6-8-11-21/h6-8,10-13,16,20H,9,14-15,17-19H2,1-5H3,(H,37,38).